The Morgan fingerprint density at radius 3 is 2.26 bits per heavy atom. The number of carbonyl (C=O) groups excluding carboxylic acids is 1. The van der Waals surface area contributed by atoms with Crippen molar-refractivity contribution in [3.8, 4) is 18.1 Å². The van der Waals surface area contributed by atoms with Gasteiger partial charge in [-0.1, -0.05) is 98.0 Å². The fraction of sp³-hybridized carbons (Fsp3) is 0.302. The number of carbonyl (C=O) groups is 1. The van der Waals surface area contributed by atoms with Crippen molar-refractivity contribution in [3.63, 3.8) is 0 Å². The summed E-state index contributed by atoms with van der Waals surface area (Å²) in [6.45, 7) is 20.3. The highest BCUT2D eigenvalue weighted by Crippen LogP contribution is 2.20. The van der Waals surface area contributed by atoms with Gasteiger partial charge in [0, 0.05) is 36.5 Å². The van der Waals surface area contributed by atoms with Gasteiger partial charge in [0.25, 0.3) is 0 Å². The third kappa shape index (κ3) is 16.5. The molecule has 1 atom stereocenters. The van der Waals surface area contributed by atoms with Crippen molar-refractivity contribution in [1.82, 2.24) is 9.55 Å². The molecule has 0 bridgehead atoms. The number of allylic oxidation sites excluding steroid dienone is 9. The number of methoxy groups -OCH3 is 1. The van der Waals surface area contributed by atoms with Crippen LogP contribution in [-0.2, 0) is 35.3 Å². The second-order valence-electron chi connectivity index (χ2n) is 11.2. The predicted molar refractivity (Wildman–Crippen MR) is 210 cm³/mol. The van der Waals surface area contributed by atoms with E-state index in [2.05, 4.69) is 42.1 Å². The number of esters is 1. The lowest BCUT2D eigenvalue weighted by Crippen LogP contribution is -2.05. The van der Waals surface area contributed by atoms with E-state index < -0.39 is 0 Å². The summed E-state index contributed by atoms with van der Waals surface area (Å²) < 4.78 is 26.0. The van der Waals surface area contributed by atoms with Crippen molar-refractivity contribution in [3.05, 3.63) is 143 Å². The van der Waals surface area contributed by atoms with E-state index in [-0.39, 0.29) is 17.7 Å². The number of nitrogens with zero attached hydrogens (tertiary/aromatic N) is 2. The highest BCUT2D eigenvalue weighted by atomic mass is 35.5. The van der Waals surface area contributed by atoms with Crippen molar-refractivity contribution in [2.45, 2.75) is 67.3 Å². The Kier molecular flexibility index (Phi) is 21.0. The number of halogens is 2. The summed E-state index contributed by atoms with van der Waals surface area (Å²) in [5.41, 5.74) is 6.09. The van der Waals surface area contributed by atoms with Gasteiger partial charge in [0.05, 0.1) is 25.8 Å². The number of hydrogen-bond acceptors (Lipinski definition) is 4. The first-order chi connectivity index (χ1) is 23.9. The minimum absolute atomic E-state index is 0.135. The molecule has 3 rings (SSSR count). The fourth-order valence-electron chi connectivity index (χ4n) is 4.33. The van der Waals surface area contributed by atoms with Crippen LogP contribution in [-0.4, -0.2) is 29.2 Å². The average molecular weight is 699 g/mol. The van der Waals surface area contributed by atoms with Crippen molar-refractivity contribution in [1.29, 1.82) is 0 Å². The van der Waals surface area contributed by atoms with Crippen LogP contribution in [0.4, 0.5) is 4.39 Å². The summed E-state index contributed by atoms with van der Waals surface area (Å²) in [6.07, 6.45) is 19.2. The van der Waals surface area contributed by atoms with Gasteiger partial charge in [0.15, 0.2) is 0 Å². The van der Waals surface area contributed by atoms with Gasteiger partial charge in [-0.15, -0.1) is 12.3 Å². The molecule has 0 spiro atoms. The lowest BCUT2D eigenvalue weighted by atomic mass is 10.1. The largest absolute Gasteiger partial charge is 0.493 e. The molecule has 0 saturated heterocycles. The summed E-state index contributed by atoms with van der Waals surface area (Å²) >= 11 is 6.28. The van der Waals surface area contributed by atoms with Crippen LogP contribution in [0.1, 0.15) is 69.8 Å². The summed E-state index contributed by atoms with van der Waals surface area (Å²) in [4.78, 5) is 15.8. The van der Waals surface area contributed by atoms with Crippen LogP contribution in [0.2, 0.25) is 0 Å². The van der Waals surface area contributed by atoms with E-state index in [0.717, 1.165) is 57.5 Å². The summed E-state index contributed by atoms with van der Waals surface area (Å²) in [5, 5.41) is 0.755. The molecule has 50 heavy (non-hydrogen) atoms. The highest BCUT2D eigenvalue weighted by molar-refractivity contribution is 6.29. The van der Waals surface area contributed by atoms with Crippen LogP contribution in [0.5, 0.6) is 5.75 Å². The van der Waals surface area contributed by atoms with E-state index >= 15 is 0 Å². The first kappa shape index (κ1) is 43.2. The predicted octanol–water partition coefficient (Wildman–Crippen LogP) is 10.9. The van der Waals surface area contributed by atoms with E-state index in [9.17, 15) is 9.18 Å². The number of aromatic nitrogens is 2. The number of hydrogen-bond donors (Lipinski definition) is 0. The summed E-state index contributed by atoms with van der Waals surface area (Å²) in [7, 11) is 1.40. The standard InChI is InChI=1S/C21H22O3.C19H26ClFN2.C3H4/c1-4-16(2)19-9-11-20(12-10-19)24-14-13-17-5-7-18(8-6-17)15-21(22)23-3;1-6-14(4)11-16(20)12-17-13-23(8-3)19(22-17)10-9-15(5)18(21)7-2;1-3-2/h4-12H,1-2,13-15H2,3H3;6-7,9-11,13,15H,8,12H2,1-5H3;1H,2H3/b;10-9+,14-6-,16-11+,18-7+;. The van der Waals surface area contributed by atoms with Crippen molar-refractivity contribution in [2.24, 2.45) is 5.92 Å². The average Bonchev–Trinajstić information content (AvgIpc) is 3.52. The van der Waals surface area contributed by atoms with Crippen LogP contribution in [0.15, 0.2) is 115 Å². The molecule has 1 aromatic heterocycles. The maximum atomic E-state index is 13.5. The second kappa shape index (κ2) is 24.3. The topological polar surface area (TPSA) is 53.4 Å². The summed E-state index contributed by atoms with van der Waals surface area (Å²) in [5.74, 6) is 3.30. The quantitative estimate of drug-likeness (QED) is 0.0900. The SMILES string of the molecule is C#CC.C/C=C(C)\C=C(\Cl)Cc1cn(CC)c(/C=C/C(C)/C(F)=C\C)n1.C=CC(=C)c1ccc(OCCc2ccc(CC(=O)OC)cc2)cc1. The Morgan fingerprint density at radius 1 is 1.10 bits per heavy atom. The Bertz CT molecular complexity index is 1670. The van der Waals surface area contributed by atoms with Gasteiger partial charge >= 0.3 is 5.97 Å². The Balaban J connectivity index is 0.000000464. The lowest BCUT2D eigenvalue weighted by Gasteiger charge is -2.08. The van der Waals surface area contributed by atoms with E-state index in [4.69, 9.17) is 16.3 Å². The number of rotatable bonds is 15. The molecular formula is C43H52ClFN2O3. The third-order valence-electron chi connectivity index (χ3n) is 7.36. The molecule has 0 fully saturated rings. The molecule has 266 valence electrons. The van der Waals surface area contributed by atoms with E-state index in [1.807, 2.05) is 104 Å². The van der Waals surface area contributed by atoms with Crippen LogP contribution < -0.4 is 4.74 Å². The minimum Gasteiger partial charge on any atom is -0.493 e. The molecular weight excluding hydrogens is 647 g/mol. The molecule has 1 heterocycles. The smallest absolute Gasteiger partial charge is 0.309 e. The third-order valence-corrected chi connectivity index (χ3v) is 7.61. The van der Waals surface area contributed by atoms with E-state index in [0.29, 0.717) is 19.4 Å². The number of benzene rings is 2. The monoisotopic (exact) mass is 698 g/mol. The zero-order valence-electron chi connectivity index (χ0n) is 30.6. The van der Waals surface area contributed by atoms with Crippen molar-refractivity contribution < 1.29 is 18.7 Å². The number of ether oxygens (including phenoxy) is 2. The second-order valence-corrected chi connectivity index (χ2v) is 11.7. The molecule has 0 aliphatic rings. The lowest BCUT2D eigenvalue weighted by molar-refractivity contribution is -0.139. The van der Waals surface area contributed by atoms with Crippen LogP contribution in [0, 0.1) is 18.3 Å². The Labute approximate surface area is 304 Å². The van der Waals surface area contributed by atoms with Gasteiger partial charge in [-0.2, -0.15) is 0 Å². The molecule has 5 nitrogen and oxygen atoms in total. The van der Waals surface area contributed by atoms with Gasteiger partial charge in [0.1, 0.15) is 17.4 Å². The molecule has 0 amide bonds. The first-order valence-corrected chi connectivity index (χ1v) is 16.9. The zero-order valence-corrected chi connectivity index (χ0v) is 31.4. The highest BCUT2D eigenvalue weighted by Gasteiger charge is 2.08. The molecule has 0 radical (unpaired) electrons. The van der Waals surface area contributed by atoms with Gasteiger partial charge in [0.2, 0.25) is 0 Å². The Morgan fingerprint density at radius 2 is 1.72 bits per heavy atom. The number of terminal acetylenes is 1. The van der Waals surface area contributed by atoms with Gasteiger partial charge < -0.3 is 14.0 Å². The maximum absolute atomic E-state index is 13.5. The molecule has 0 N–H and O–H groups in total. The molecule has 0 aliphatic heterocycles. The van der Waals surface area contributed by atoms with Gasteiger partial charge in [-0.3, -0.25) is 4.79 Å². The molecule has 3 aromatic rings. The zero-order chi connectivity index (χ0) is 37.5. The van der Waals surface area contributed by atoms with Crippen LogP contribution >= 0.6 is 11.6 Å². The molecule has 0 aliphatic carbocycles. The molecule has 2 aromatic carbocycles. The van der Waals surface area contributed by atoms with E-state index in [1.165, 1.54) is 18.7 Å². The molecule has 7 heteroatoms. The van der Waals surface area contributed by atoms with E-state index in [1.54, 1.807) is 19.9 Å². The minimum atomic E-state index is -0.244. The van der Waals surface area contributed by atoms with Crippen LogP contribution in [0.25, 0.3) is 11.6 Å². The number of aryl methyl sites for hydroxylation is 1. The molecule has 1 unspecified atom stereocenters. The van der Waals surface area contributed by atoms with Gasteiger partial charge in [-0.05, 0) is 81.2 Å². The summed E-state index contributed by atoms with van der Waals surface area (Å²) in [6, 6.07) is 15.7. The fourth-order valence-corrected chi connectivity index (χ4v) is 4.64. The Hall–Kier alpha value is -4.86. The normalized spacial score (nSPS) is 12.1. The van der Waals surface area contributed by atoms with Crippen molar-refractivity contribution >= 4 is 29.2 Å². The maximum Gasteiger partial charge on any atom is 0.309 e. The van der Waals surface area contributed by atoms with Gasteiger partial charge in [-0.25, -0.2) is 9.37 Å². The van der Waals surface area contributed by atoms with Crippen LogP contribution in [0.3, 0.4) is 0 Å². The first-order valence-electron chi connectivity index (χ1n) is 16.6. The molecule has 0 saturated carbocycles. The van der Waals surface area contributed by atoms with Crippen molar-refractivity contribution in [2.75, 3.05) is 13.7 Å². The number of imidazole rings is 1.